The van der Waals surface area contributed by atoms with Crippen LogP contribution in [0.15, 0.2) is 404 Å². The van der Waals surface area contributed by atoms with Gasteiger partial charge < -0.3 is 0 Å². The third-order valence-corrected chi connectivity index (χ3v) is 26.6. The molecule has 0 radical (unpaired) electrons. The van der Waals surface area contributed by atoms with Crippen molar-refractivity contribution in [1.29, 1.82) is 0 Å². The minimum absolute atomic E-state index is 0.139. The van der Waals surface area contributed by atoms with Crippen molar-refractivity contribution >= 4 is 108 Å². The predicted octanol–water partition coefficient (Wildman–Crippen LogP) is 36.1. The molecule has 126 heavy (non-hydrogen) atoms. The smallest absolute Gasteiger partial charge is 0.0351 e. The number of rotatable bonds is 2. The summed E-state index contributed by atoms with van der Waals surface area (Å²) in [4.78, 5) is 0. The molecule has 0 spiro atoms. The van der Waals surface area contributed by atoms with Crippen LogP contribution in [-0.2, 0) is 27.1 Å². The fourth-order valence-electron chi connectivity index (χ4n) is 20.2. The third kappa shape index (κ3) is 16.1. The van der Waals surface area contributed by atoms with E-state index in [-0.39, 0.29) is 32.5 Å². The third-order valence-electron chi connectivity index (χ3n) is 26.6. The van der Waals surface area contributed by atoms with Crippen molar-refractivity contribution in [3.63, 3.8) is 0 Å². The maximum absolute atomic E-state index is 2.46. The van der Waals surface area contributed by atoms with Crippen LogP contribution in [-0.4, -0.2) is 0 Å². The van der Waals surface area contributed by atoms with E-state index in [1.54, 1.807) is 5.57 Å². The number of fused-ring (bicyclic) bond motifs is 12. The first kappa shape index (κ1) is 83.9. The predicted molar refractivity (Wildman–Crippen MR) is 552 cm³/mol. The SMILES string of the molecule is CC(C)(C)C1=C2C=CC=C3C=CC4=C(C(=C1)CC=C4)C32.CC(C)(C)c1cc2ccccc2c2ccccc12.CC(C)(C)c1ccc(-c2cc3ccccc3c3ccccc23)cc1.CC(C)(C)c1ccc2c3c(cccc13)-c1ccccc1-2.CC(C)(C)c1ccc2c3cccc4cccc(c5cccc1c52)c43.CC(C)(C)c1ccc2cc(-c3ccccc3)ccc2c1. The Morgan fingerprint density at radius 2 is 0.706 bits per heavy atom. The molecule has 0 amide bonds. The van der Waals surface area contributed by atoms with Crippen LogP contribution >= 0.6 is 0 Å². The van der Waals surface area contributed by atoms with Gasteiger partial charge in [0.15, 0.2) is 0 Å². The molecule has 622 valence electrons. The van der Waals surface area contributed by atoms with E-state index in [0.29, 0.717) is 5.92 Å². The summed E-state index contributed by atoms with van der Waals surface area (Å²) in [6.07, 6.45) is 19.5. The first-order chi connectivity index (χ1) is 60.3. The monoisotopic (exact) mass is 1630 g/mol. The van der Waals surface area contributed by atoms with Crippen LogP contribution in [0.4, 0.5) is 0 Å². The number of benzene rings is 18. The zero-order chi connectivity index (χ0) is 87.9. The molecule has 0 N–H and O–H groups in total. The standard InChI is InChI=1S/C24H20.C24H22.C20H20.C20H18.C20H20.C18H18/c1-24(2,3)21-14-13-19-17-10-5-8-15-7-4-9-16(22(15)17)18-11-6-12-20(21)23(18)19;1-24(2,3)19-14-12-17(13-15-19)23-16-18-8-4-5-9-20(18)21-10-6-7-11-22(21)23;1-20(2,3)17-12-15-8-4-6-13-10-11-14-7-5-9-16(17)19(14)18(13)15;1-20(2,3)18-12-11-16-14-8-5-4-7-13(14)15-9-6-10-17(18)19(15)16;1-20(2,3)19-12-11-17-13-16(9-10-18(17)14-19)15-7-5-4-6-8-15;1-18(2,3)17-12-13-8-4-5-9-14(13)15-10-6-7-11-16(15)17/h4-14H,1-3H3;4-16H,1-3H3;4-7,9-12,19H,8H2,1-3H3;4-12H,1-3H3;4-14H,1-3H3;4-12H,1-3H3. The summed E-state index contributed by atoms with van der Waals surface area (Å²) in [5, 5.41) is 27.2. The summed E-state index contributed by atoms with van der Waals surface area (Å²) in [6, 6.07) is 117. The van der Waals surface area contributed by atoms with Crippen molar-refractivity contribution in [3.8, 4) is 44.5 Å². The van der Waals surface area contributed by atoms with Gasteiger partial charge in [0.1, 0.15) is 0 Å². The Kier molecular flexibility index (Phi) is 21.9. The Labute approximate surface area is 747 Å². The molecule has 0 heterocycles. The summed E-state index contributed by atoms with van der Waals surface area (Å²) in [7, 11) is 0. The Hall–Kier alpha value is -13.0. The molecule has 1 atom stereocenters. The summed E-state index contributed by atoms with van der Waals surface area (Å²) < 4.78 is 0. The topological polar surface area (TPSA) is 0 Å². The van der Waals surface area contributed by atoms with Crippen LogP contribution in [0.1, 0.15) is 159 Å². The first-order valence-corrected chi connectivity index (χ1v) is 45.5. The molecule has 18 aromatic carbocycles. The average molecular weight is 1630 g/mol. The summed E-state index contributed by atoms with van der Waals surface area (Å²) in [5.41, 5.74) is 27.7. The molecule has 18 aromatic rings. The average Bonchev–Trinajstić information content (AvgIpc) is 1.02. The lowest BCUT2D eigenvalue weighted by molar-refractivity contribution is 0.504. The summed E-state index contributed by atoms with van der Waals surface area (Å²) in [5.74, 6) is 0.471. The van der Waals surface area contributed by atoms with Gasteiger partial charge in [-0.1, -0.05) is 477 Å². The Morgan fingerprint density at radius 1 is 0.246 bits per heavy atom. The van der Waals surface area contributed by atoms with Crippen LogP contribution in [0.25, 0.3) is 152 Å². The van der Waals surface area contributed by atoms with Gasteiger partial charge in [-0.15, -0.1) is 0 Å². The van der Waals surface area contributed by atoms with Crippen molar-refractivity contribution < 1.29 is 0 Å². The van der Waals surface area contributed by atoms with E-state index in [0.717, 1.165) is 6.42 Å². The van der Waals surface area contributed by atoms with Gasteiger partial charge in [-0.05, 0) is 271 Å². The molecule has 0 bridgehead atoms. The van der Waals surface area contributed by atoms with E-state index in [1.807, 2.05) is 0 Å². The van der Waals surface area contributed by atoms with Gasteiger partial charge in [-0.3, -0.25) is 0 Å². The van der Waals surface area contributed by atoms with Crippen molar-refractivity contribution in [2.24, 2.45) is 11.3 Å². The molecule has 23 rings (SSSR count). The van der Waals surface area contributed by atoms with E-state index in [2.05, 4.69) is 495 Å². The fraction of sp³-hybridized carbons (Fsp3) is 0.206. The van der Waals surface area contributed by atoms with Gasteiger partial charge >= 0.3 is 0 Å². The van der Waals surface area contributed by atoms with Crippen LogP contribution in [0.3, 0.4) is 0 Å². The van der Waals surface area contributed by atoms with E-state index < -0.39 is 0 Å². The molecule has 0 nitrogen and oxygen atoms in total. The highest BCUT2D eigenvalue weighted by molar-refractivity contribution is 6.33. The van der Waals surface area contributed by atoms with Gasteiger partial charge in [-0.25, -0.2) is 0 Å². The Balaban J connectivity index is 0.000000103. The van der Waals surface area contributed by atoms with E-state index in [9.17, 15) is 0 Å². The van der Waals surface area contributed by atoms with Gasteiger partial charge in [-0.2, -0.15) is 0 Å². The molecule has 0 heteroatoms. The molecule has 0 saturated carbocycles. The second-order valence-electron chi connectivity index (χ2n) is 41.4. The number of allylic oxidation sites excluding steroid dienone is 14. The summed E-state index contributed by atoms with van der Waals surface area (Å²) in [6.45, 7) is 41.1. The highest BCUT2D eigenvalue weighted by Gasteiger charge is 2.37. The minimum Gasteiger partial charge on any atom is -0.0795 e. The molecule has 0 saturated heterocycles. The van der Waals surface area contributed by atoms with Crippen LogP contribution in [0.5, 0.6) is 0 Å². The zero-order valence-electron chi connectivity index (χ0n) is 77.0. The molecule has 0 aliphatic heterocycles. The lowest BCUT2D eigenvalue weighted by Gasteiger charge is -2.40. The summed E-state index contributed by atoms with van der Waals surface area (Å²) >= 11 is 0. The highest BCUT2D eigenvalue weighted by atomic mass is 14.4. The maximum Gasteiger partial charge on any atom is 0.0351 e. The number of hydrogen-bond donors (Lipinski definition) is 0. The molecular weight excluding hydrogens is 1510 g/mol. The fourth-order valence-corrected chi connectivity index (χ4v) is 20.2. The van der Waals surface area contributed by atoms with Crippen molar-refractivity contribution in [3.05, 3.63) is 431 Å². The highest BCUT2D eigenvalue weighted by Crippen LogP contribution is 2.53. The van der Waals surface area contributed by atoms with Crippen LogP contribution < -0.4 is 0 Å². The van der Waals surface area contributed by atoms with Gasteiger partial charge in [0.25, 0.3) is 0 Å². The quantitative estimate of drug-likeness (QED) is 0.120. The Bertz CT molecular complexity index is 7450. The van der Waals surface area contributed by atoms with E-state index in [1.165, 1.54) is 208 Å². The van der Waals surface area contributed by atoms with Gasteiger partial charge in [0.05, 0.1) is 0 Å². The van der Waals surface area contributed by atoms with Crippen molar-refractivity contribution in [1.82, 2.24) is 0 Å². The largest absolute Gasteiger partial charge is 0.0795 e. The minimum atomic E-state index is 0.139. The van der Waals surface area contributed by atoms with Crippen LogP contribution in [0.2, 0.25) is 0 Å². The lowest BCUT2D eigenvalue weighted by atomic mass is 9.64. The van der Waals surface area contributed by atoms with Gasteiger partial charge in [0, 0.05) is 5.92 Å². The first-order valence-electron chi connectivity index (χ1n) is 45.5. The molecule has 5 aliphatic rings. The molecule has 1 unspecified atom stereocenters. The second kappa shape index (κ2) is 32.8. The zero-order valence-corrected chi connectivity index (χ0v) is 77.0. The normalized spacial score (nSPS) is 14.6. The number of hydrogen-bond acceptors (Lipinski definition) is 0. The maximum atomic E-state index is 2.46. The van der Waals surface area contributed by atoms with E-state index in [4.69, 9.17) is 0 Å². The van der Waals surface area contributed by atoms with Crippen molar-refractivity contribution in [2.75, 3.05) is 0 Å². The van der Waals surface area contributed by atoms with Gasteiger partial charge in [0.2, 0.25) is 0 Å². The van der Waals surface area contributed by atoms with Crippen LogP contribution in [0, 0.1) is 11.3 Å². The molecular formula is C126H118. The molecule has 5 aliphatic carbocycles. The van der Waals surface area contributed by atoms with E-state index >= 15 is 0 Å². The second-order valence-corrected chi connectivity index (χ2v) is 41.4. The molecule has 0 fully saturated rings. The lowest BCUT2D eigenvalue weighted by Crippen LogP contribution is -2.26. The Morgan fingerprint density at radius 3 is 1.33 bits per heavy atom. The van der Waals surface area contributed by atoms with Crippen molar-refractivity contribution in [2.45, 2.75) is 158 Å². The molecule has 0 aromatic heterocycles.